The van der Waals surface area contributed by atoms with Crippen molar-refractivity contribution < 1.29 is 27.1 Å². The fourth-order valence-electron chi connectivity index (χ4n) is 4.53. The molecule has 1 aromatic heterocycles. The summed E-state index contributed by atoms with van der Waals surface area (Å²) >= 11 is 0. The van der Waals surface area contributed by atoms with Crippen LogP contribution in [0.25, 0.3) is 22.3 Å². The van der Waals surface area contributed by atoms with Gasteiger partial charge in [-0.15, -0.1) is 0 Å². The molecule has 1 aliphatic rings. The van der Waals surface area contributed by atoms with E-state index in [-0.39, 0.29) is 25.2 Å². The van der Waals surface area contributed by atoms with Crippen molar-refractivity contribution in [3.05, 3.63) is 77.4 Å². The maximum absolute atomic E-state index is 13.0. The topological polar surface area (TPSA) is 98.1 Å². The molecule has 0 fully saturated rings. The van der Waals surface area contributed by atoms with Gasteiger partial charge in [-0.2, -0.15) is 0 Å². The molecule has 1 atom stereocenters. The second kappa shape index (κ2) is 9.57. The number of nitrogens with zero attached hydrogens (tertiary/aromatic N) is 1. The van der Waals surface area contributed by atoms with E-state index in [0.717, 1.165) is 11.3 Å². The Morgan fingerprint density at radius 1 is 1.05 bits per heavy atom. The maximum Gasteiger partial charge on any atom is 0.255 e. The van der Waals surface area contributed by atoms with E-state index in [1.54, 1.807) is 19.2 Å². The number of sulfonamides is 1. The zero-order chi connectivity index (χ0) is 26.3. The van der Waals surface area contributed by atoms with Crippen molar-refractivity contribution >= 4 is 32.6 Å². The average Bonchev–Trinajstić information content (AvgIpc) is 3.16. The van der Waals surface area contributed by atoms with Gasteiger partial charge >= 0.3 is 0 Å². The Balaban J connectivity index is 1.61. The summed E-state index contributed by atoms with van der Waals surface area (Å²) in [7, 11) is -1.99. The average molecular weight is 521 g/mol. The minimum absolute atomic E-state index is 0.194. The van der Waals surface area contributed by atoms with E-state index in [0.29, 0.717) is 44.9 Å². The SMILES string of the molecule is CNC(=O)c1c(-c2ccc(Oc3ccc(C)cc3)cc2)oc2cc3c(cc12)C(C)OCCN3S(C)(=O)=O. The third kappa shape index (κ3) is 4.80. The van der Waals surface area contributed by atoms with Crippen molar-refractivity contribution in [1.29, 1.82) is 0 Å². The second-order valence-electron chi connectivity index (χ2n) is 9.08. The highest BCUT2D eigenvalue weighted by molar-refractivity contribution is 7.92. The first-order valence-electron chi connectivity index (χ1n) is 11.9. The van der Waals surface area contributed by atoms with Crippen LogP contribution in [0.3, 0.4) is 0 Å². The molecule has 3 aromatic carbocycles. The lowest BCUT2D eigenvalue weighted by Gasteiger charge is -2.22. The van der Waals surface area contributed by atoms with Gasteiger partial charge in [0.2, 0.25) is 10.0 Å². The molecule has 1 N–H and O–H groups in total. The van der Waals surface area contributed by atoms with Gasteiger partial charge in [-0.3, -0.25) is 9.10 Å². The molecule has 2 heterocycles. The van der Waals surface area contributed by atoms with Gasteiger partial charge in [0, 0.05) is 29.6 Å². The van der Waals surface area contributed by atoms with E-state index in [1.807, 2.05) is 62.4 Å². The second-order valence-corrected chi connectivity index (χ2v) is 11.0. The molecule has 0 aliphatic carbocycles. The zero-order valence-corrected chi connectivity index (χ0v) is 21.9. The molecular formula is C28H28N2O6S. The van der Waals surface area contributed by atoms with Crippen molar-refractivity contribution in [3.8, 4) is 22.8 Å². The molecule has 0 saturated heterocycles. The quantitative estimate of drug-likeness (QED) is 0.378. The third-order valence-corrected chi connectivity index (χ3v) is 7.61. The molecular weight excluding hydrogens is 492 g/mol. The summed E-state index contributed by atoms with van der Waals surface area (Å²) in [6, 6.07) is 18.5. The molecule has 0 radical (unpaired) electrons. The van der Waals surface area contributed by atoms with Crippen molar-refractivity contribution in [2.24, 2.45) is 0 Å². The van der Waals surface area contributed by atoms with Crippen LogP contribution in [-0.4, -0.2) is 40.8 Å². The van der Waals surface area contributed by atoms with Gasteiger partial charge in [-0.25, -0.2) is 8.42 Å². The normalized spacial score (nSPS) is 15.8. The van der Waals surface area contributed by atoms with E-state index >= 15 is 0 Å². The minimum Gasteiger partial charge on any atom is -0.457 e. The predicted octanol–water partition coefficient (Wildman–Crippen LogP) is 5.42. The first kappa shape index (κ1) is 24.9. The standard InChI is InChI=1S/C28H28N2O6S/c1-17-5-9-20(10-6-17)35-21-11-7-19(8-12-21)27-26(28(31)29-3)23-15-22-18(2)34-14-13-30(37(4,32)33)24(22)16-25(23)36-27/h5-12,15-16,18H,13-14H2,1-4H3,(H,29,31). The van der Waals surface area contributed by atoms with Gasteiger partial charge in [-0.05, 0) is 56.3 Å². The molecule has 0 saturated carbocycles. The minimum atomic E-state index is -3.55. The number of fused-ring (bicyclic) bond motifs is 2. The maximum atomic E-state index is 13.0. The first-order chi connectivity index (χ1) is 17.7. The molecule has 0 bridgehead atoms. The van der Waals surface area contributed by atoms with Crippen LogP contribution in [0, 0.1) is 6.92 Å². The van der Waals surface area contributed by atoms with E-state index < -0.39 is 10.0 Å². The van der Waals surface area contributed by atoms with Crippen molar-refractivity contribution in [1.82, 2.24) is 5.32 Å². The van der Waals surface area contributed by atoms with Gasteiger partial charge < -0.3 is 19.2 Å². The molecule has 4 aromatic rings. The largest absolute Gasteiger partial charge is 0.457 e. The van der Waals surface area contributed by atoms with Crippen LogP contribution in [0.4, 0.5) is 5.69 Å². The number of hydrogen-bond acceptors (Lipinski definition) is 6. The number of ether oxygens (including phenoxy) is 2. The van der Waals surface area contributed by atoms with E-state index in [4.69, 9.17) is 13.9 Å². The number of rotatable bonds is 5. The van der Waals surface area contributed by atoms with Crippen LogP contribution in [0.2, 0.25) is 0 Å². The van der Waals surface area contributed by atoms with Crippen LogP contribution >= 0.6 is 0 Å². The highest BCUT2D eigenvalue weighted by atomic mass is 32.2. The zero-order valence-electron chi connectivity index (χ0n) is 21.1. The summed E-state index contributed by atoms with van der Waals surface area (Å²) in [5.74, 6) is 1.44. The third-order valence-electron chi connectivity index (χ3n) is 6.43. The van der Waals surface area contributed by atoms with Crippen LogP contribution in [0.15, 0.2) is 65.1 Å². The lowest BCUT2D eigenvalue weighted by molar-refractivity contribution is 0.0769. The number of amides is 1. The van der Waals surface area contributed by atoms with E-state index in [1.165, 1.54) is 10.6 Å². The molecule has 37 heavy (non-hydrogen) atoms. The molecule has 8 nitrogen and oxygen atoms in total. The number of hydrogen-bond donors (Lipinski definition) is 1. The summed E-state index contributed by atoms with van der Waals surface area (Å²) in [5.41, 5.74) is 3.78. The first-order valence-corrected chi connectivity index (χ1v) is 13.8. The van der Waals surface area contributed by atoms with Crippen LogP contribution < -0.4 is 14.4 Å². The monoisotopic (exact) mass is 520 g/mol. The number of carbonyl (C=O) groups excluding carboxylic acids is 1. The van der Waals surface area contributed by atoms with Gasteiger partial charge in [-0.1, -0.05) is 17.7 Å². The number of aryl methyl sites for hydroxylation is 1. The molecule has 5 rings (SSSR count). The number of benzene rings is 3. The fraction of sp³-hybridized carbons (Fsp3) is 0.250. The van der Waals surface area contributed by atoms with E-state index in [9.17, 15) is 13.2 Å². The summed E-state index contributed by atoms with van der Waals surface area (Å²) in [5, 5.41) is 3.28. The number of nitrogens with one attached hydrogen (secondary N) is 1. The molecule has 0 spiro atoms. The van der Waals surface area contributed by atoms with Gasteiger partial charge in [0.05, 0.1) is 36.8 Å². The van der Waals surface area contributed by atoms with E-state index in [2.05, 4.69) is 5.32 Å². The molecule has 1 aliphatic heterocycles. The Labute approximate surface area is 215 Å². The number of furan rings is 1. The summed E-state index contributed by atoms with van der Waals surface area (Å²) in [6.45, 7) is 4.33. The highest BCUT2D eigenvalue weighted by Crippen LogP contribution is 2.41. The van der Waals surface area contributed by atoms with Gasteiger partial charge in [0.1, 0.15) is 22.8 Å². The fourth-order valence-corrected chi connectivity index (χ4v) is 5.45. The Hall–Kier alpha value is -3.82. The lowest BCUT2D eigenvalue weighted by Crippen LogP contribution is -2.32. The Morgan fingerprint density at radius 2 is 1.70 bits per heavy atom. The van der Waals surface area contributed by atoms with Gasteiger partial charge in [0.15, 0.2) is 0 Å². The summed E-state index contributed by atoms with van der Waals surface area (Å²) < 4.78 is 44.4. The van der Waals surface area contributed by atoms with Crippen LogP contribution in [0.1, 0.15) is 34.5 Å². The van der Waals surface area contributed by atoms with Crippen molar-refractivity contribution in [2.75, 3.05) is 30.8 Å². The Bertz CT molecular complexity index is 1570. The smallest absolute Gasteiger partial charge is 0.255 e. The van der Waals surface area contributed by atoms with Crippen LogP contribution in [-0.2, 0) is 14.8 Å². The molecule has 1 amide bonds. The van der Waals surface area contributed by atoms with Gasteiger partial charge in [0.25, 0.3) is 5.91 Å². The number of carbonyl (C=O) groups is 1. The lowest BCUT2D eigenvalue weighted by atomic mass is 10.0. The van der Waals surface area contributed by atoms with Crippen LogP contribution in [0.5, 0.6) is 11.5 Å². The Kier molecular flexibility index (Phi) is 6.43. The Morgan fingerprint density at radius 3 is 2.32 bits per heavy atom. The predicted molar refractivity (Wildman–Crippen MR) is 143 cm³/mol. The summed E-state index contributed by atoms with van der Waals surface area (Å²) in [4.78, 5) is 13.0. The van der Waals surface area contributed by atoms with Crippen molar-refractivity contribution in [3.63, 3.8) is 0 Å². The highest BCUT2D eigenvalue weighted by Gasteiger charge is 2.30. The molecule has 1 unspecified atom stereocenters. The number of anilines is 1. The van der Waals surface area contributed by atoms with Crippen molar-refractivity contribution in [2.45, 2.75) is 20.0 Å². The summed E-state index contributed by atoms with van der Waals surface area (Å²) in [6.07, 6.45) is 0.806. The molecule has 9 heteroatoms. The molecule has 192 valence electrons.